The largest absolute Gasteiger partial charge is 0.495 e. The summed E-state index contributed by atoms with van der Waals surface area (Å²) in [6, 6.07) is 4.72. The number of halogens is 1. The number of ketones is 1. The summed E-state index contributed by atoms with van der Waals surface area (Å²) in [6.45, 7) is 1.92. The van der Waals surface area contributed by atoms with Crippen molar-refractivity contribution in [3.8, 4) is 5.75 Å². The average Bonchev–Trinajstić information content (AvgIpc) is 2.29. The molecule has 1 unspecified atom stereocenters. The third-order valence-corrected chi connectivity index (χ3v) is 2.61. The van der Waals surface area contributed by atoms with Crippen LogP contribution in [0.5, 0.6) is 5.75 Å². The van der Waals surface area contributed by atoms with Crippen molar-refractivity contribution in [3.05, 3.63) is 28.8 Å². The Bertz CT molecular complexity index is 377. The van der Waals surface area contributed by atoms with E-state index in [2.05, 4.69) is 0 Å². The van der Waals surface area contributed by atoms with Crippen molar-refractivity contribution in [1.29, 1.82) is 0 Å². The van der Waals surface area contributed by atoms with Gasteiger partial charge in [-0.25, -0.2) is 0 Å². The Labute approximate surface area is 100.0 Å². The first kappa shape index (κ1) is 13.0. The van der Waals surface area contributed by atoms with Crippen molar-refractivity contribution in [2.45, 2.75) is 25.9 Å². The summed E-state index contributed by atoms with van der Waals surface area (Å²) in [5, 5.41) is 10.0. The molecule has 0 saturated carbocycles. The number of carbonyl (C=O) groups is 1. The van der Waals surface area contributed by atoms with E-state index in [4.69, 9.17) is 16.3 Å². The normalized spacial score (nSPS) is 12.2. The second-order valence-electron chi connectivity index (χ2n) is 3.52. The van der Waals surface area contributed by atoms with Gasteiger partial charge >= 0.3 is 0 Å². The Hall–Kier alpha value is -1.06. The van der Waals surface area contributed by atoms with Crippen LogP contribution in [0.1, 0.15) is 30.1 Å². The minimum absolute atomic E-state index is 0.295. The summed E-state index contributed by atoms with van der Waals surface area (Å²) in [4.78, 5) is 11.8. The van der Waals surface area contributed by atoms with E-state index in [9.17, 15) is 9.90 Å². The van der Waals surface area contributed by atoms with Crippen LogP contribution in [-0.4, -0.2) is 24.1 Å². The molecule has 0 aliphatic rings. The van der Waals surface area contributed by atoms with Gasteiger partial charge in [-0.3, -0.25) is 4.79 Å². The van der Waals surface area contributed by atoms with E-state index < -0.39 is 6.10 Å². The molecule has 16 heavy (non-hydrogen) atoms. The standard InChI is InChI=1S/C12H15ClO3/c1-3-4-10(14)12(15)8-5-6-9(13)11(7-8)16-2/h5-7,10,14H,3-4H2,1-2H3. The summed E-state index contributed by atoms with van der Waals surface area (Å²) in [5.74, 6) is 0.146. The highest BCUT2D eigenvalue weighted by Crippen LogP contribution is 2.25. The highest BCUT2D eigenvalue weighted by Gasteiger charge is 2.17. The lowest BCUT2D eigenvalue weighted by molar-refractivity contribution is 0.0729. The van der Waals surface area contributed by atoms with Gasteiger partial charge in [0.1, 0.15) is 11.9 Å². The molecule has 1 atom stereocenters. The number of rotatable bonds is 5. The Kier molecular flexibility index (Phi) is 4.77. The Morgan fingerprint density at radius 3 is 2.81 bits per heavy atom. The van der Waals surface area contributed by atoms with Crippen molar-refractivity contribution in [2.75, 3.05) is 7.11 Å². The fourth-order valence-electron chi connectivity index (χ4n) is 1.41. The number of ether oxygens (including phenoxy) is 1. The third-order valence-electron chi connectivity index (χ3n) is 2.30. The smallest absolute Gasteiger partial charge is 0.191 e. The van der Waals surface area contributed by atoms with Gasteiger partial charge in [-0.15, -0.1) is 0 Å². The molecule has 1 N–H and O–H groups in total. The van der Waals surface area contributed by atoms with Crippen LogP contribution in [0.15, 0.2) is 18.2 Å². The average molecular weight is 243 g/mol. The predicted octanol–water partition coefficient (Wildman–Crippen LogP) is 2.69. The van der Waals surface area contributed by atoms with Crippen LogP contribution in [0.3, 0.4) is 0 Å². The van der Waals surface area contributed by atoms with Crippen molar-refractivity contribution < 1.29 is 14.6 Å². The molecule has 1 aromatic rings. The Morgan fingerprint density at radius 1 is 1.56 bits per heavy atom. The molecule has 0 saturated heterocycles. The lowest BCUT2D eigenvalue weighted by Crippen LogP contribution is -2.20. The van der Waals surface area contributed by atoms with E-state index in [0.717, 1.165) is 6.42 Å². The molecule has 0 spiro atoms. The van der Waals surface area contributed by atoms with Crippen LogP contribution in [0.2, 0.25) is 5.02 Å². The Balaban J connectivity index is 2.92. The second kappa shape index (κ2) is 5.87. The van der Waals surface area contributed by atoms with E-state index >= 15 is 0 Å². The number of hydrogen-bond donors (Lipinski definition) is 1. The number of aliphatic hydroxyl groups is 1. The zero-order valence-electron chi connectivity index (χ0n) is 9.37. The van der Waals surface area contributed by atoms with E-state index in [1.54, 1.807) is 18.2 Å². The highest BCUT2D eigenvalue weighted by molar-refractivity contribution is 6.32. The van der Waals surface area contributed by atoms with Gasteiger partial charge in [0.05, 0.1) is 12.1 Å². The lowest BCUT2D eigenvalue weighted by Gasteiger charge is -2.10. The first-order valence-electron chi connectivity index (χ1n) is 5.16. The van der Waals surface area contributed by atoms with E-state index in [1.165, 1.54) is 7.11 Å². The van der Waals surface area contributed by atoms with Gasteiger partial charge in [0.2, 0.25) is 0 Å². The molecule has 0 fully saturated rings. The number of methoxy groups -OCH3 is 1. The molecule has 0 aliphatic carbocycles. The number of Topliss-reactive ketones (excluding diaryl/α,β-unsaturated/α-hetero) is 1. The molecule has 0 aliphatic heterocycles. The number of hydrogen-bond acceptors (Lipinski definition) is 3. The van der Waals surface area contributed by atoms with Crippen LogP contribution in [0.25, 0.3) is 0 Å². The van der Waals surface area contributed by atoms with Gasteiger partial charge in [0.25, 0.3) is 0 Å². The fraction of sp³-hybridized carbons (Fsp3) is 0.417. The molecule has 0 radical (unpaired) electrons. The number of aliphatic hydroxyl groups excluding tert-OH is 1. The zero-order valence-corrected chi connectivity index (χ0v) is 10.1. The van der Waals surface area contributed by atoms with Gasteiger partial charge in [-0.2, -0.15) is 0 Å². The van der Waals surface area contributed by atoms with Gasteiger partial charge in [-0.05, 0) is 24.6 Å². The van der Waals surface area contributed by atoms with Gasteiger partial charge in [0.15, 0.2) is 5.78 Å². The topological polar surface area (TPSA) is 46.5 Å². The van der Waals surface area contributed by atoms with Gasteiger partial charge in [0, 0.05) is 5.56 Å². The molecular formula is C12H15ClO3. The molecule has 0 heterocycles. The molecule has 3 nitrogen and oxygen atoms in total. The lowest BCUT2D eigenvalue weighted by atomic mass is 10.0. The zero-order chi connectivity index (χ0) is 12.1. The summed E-state index contributed by atoms with van der Waals surface area (Å²) in [5.41, 5.74) is 0.419. The summed E-state index contributed by atoms with van der Waals surface area (Å²) in [6.07, 6.45) is 0.275. The molecule has 0 aromatic heterocycles. The van der Waals surface area contributed by atoms with Crippen LogP contribution in [0.4, 0.5) is 0 Å². The van der Waals surface area contributed by atoms with Crippen LogP contribution in [0, 0.1) is 0 Å². The summed E-state index contributed by atoms with van der Waals surface area (Å²) < 4.78 is 5.01. The highest BCUT2D eigenvalue weighted by atomic mass is 35.5. The van der Waals surface area contributed by atoms with Crippen molar-refractivity contribution >= 4 is 17.4 Å². The third kappa shape index (κ3) is 2.97. The van der Waals surface area contributed by atoms with Crippen LogP contribution >= 0.6 is 11.6 Å². The predicted molar refractivity (Wildman–Crippen MR) is 63.2 cm³/mol. The minimum atomic E-state index is -0.948. The molecule has 1 aromatic carbocycles. The fourth-order valence-corrected chi connectivity index (χ4v) is 1.60. The van der Waals surface area contributed by atoms with E-state index in [0.29, 0.717) is 22.8 Å². The monoisotopic (exact) mass is 242 g/mol. The Morgan fingerprint density at radius 2 is 2.25 bits per heavy atom. The van der Waals surface area contributed by atoms with Crippen molar-refractivity contribution in [2.24, 2.45) is 0 Å². The molecule has 4 heteroatoms. The van der Waals surface area contributed by atoms with Crippen LogP contribution in [-0.2, 0) is 0 Å². The van der Waals surface area contributed by atoms with Gasteiger partial charge < -0.3 is 9.84 Å². The summed E-state index contributed by atoms with van der Waals surface area (Å²) in [7, 11) is 1.48. The molecule has 0 bridgehead atoms. The van der Waals surface area contributed by atoms with E-state index in [-0.39, 0.29) is 5.78 Å². The first-order valence-corrected chi connectivity index (χ1v) is 5.53. The number of benzene rings is 1. The molecule has 1 rings (SSSR count). The maximum atomic E-state index is 11.8. The SMILES string of the molecule is CCCC(O)C(=O)c1ccc(Cl)c(OC)c1. The maximum absolute atomic E-state index is 11.8. The quantitative estimate of drug-likeness (QED) is 0.808. The number of carbonyl (C=O) groups excluding carboxylic acids is 1. The summed E-state index contributed by atoms with van der Waals surface area (Å²) >= 11 is 5.84. The molecule has 88 valence electrons. The minimum Gasteiger partial charge on any atom is -0.495 e. The first-order chi connectivity index (χ1) is 7.60. The van der Waals surface area contributed by atoms with E-state index in [1.807, 2.05) is 6.92 Å². The van der Waals surface area contributed by atoms with Crippen LogP contribution < -0.4 is 4.74 Å². The molecular weight excluding hydrogens is 228 g/mol. The van der Waals surface area contributed by atoms with Crippen molar-refractivity contribution in [3.63, 3.8) is 0 Å². The second-order valence-corrected chi connectivity index (χ2v) is 3.93. The maximum Gasteiger partial charge on any atom is 0.191 e. The molecule has 0 amide bonds. The van der Waals surface area contributed by atoms with Crippen molar-refractivity contribution in [1.82, 2.24) is 0 Å². The van der Waals surface area contributed by atoms with Gasteiger partial charge in [-0.1, -0.05) is 24.9 Å².